The predicted molar refractivity (Wildman–Crippen MR) is 76.2 cm³/mol. The van der Waals surface area contributed by atoms with E-state index in [2.05, 4.69) is 0 Å². The molecule has 1 heterocycles. The van der Waals surface area contributed by atoms with Crippen molar-refractivity contribution in [1.29, 1.82) is 0 Å². The van der Waals surface area contributed by atoms with Crippen LogP contribution in [0.2, 0.25) is 0 Å². The van der Waals surface area contributed by atoms with Gasteiger partial charge in [0, 0.05) is 13.0 Å². The zero-order chi connectivity index (χ0) is 16.3. The summed E-state index contributed by atoms with van der Waals surface area (Å²) in [6, 6.07) is 3.01. The summed E-state index contributed by atoms with van der Waals surface area (Å²) in [7, 11) is 0. The highest BCUT2D eigenvalue weighted by Gasteiger charge is 2.34. The lowest BCUT2D eigenvalue weighted by Gasteiger charge is -2.36. The molecule has 1 N–H and O–H groups in total. The summed E-state index contributed by atoms with van der Waals surface area (Å²) in [5.41, 5.74) is 0.130. The van der Waals surface area contributed by atoms with Gasteiger partial charge in [-0.15, -0.1) is 0 Å². The van der Waals surface area contributed by atoms with Crippen LogP contribution in [-0.2, 0) is 16.0 Å². The quantitative estimate of drug-likeness (QED) is 0.930. The Hall–Kier alpha value is -1.98. The van der Waals surface area contributed by atoms with Gasteiger partial charge in [-0.25, -0.2) is 13.6 Å². The number of benzene rings is 1. The molecule has 0 bridgehead atoms. The van der Waals surface area contributed by atoms with Crippen LogP contribution in [0.15, 0.2) is 18.2 Å². The number of aliphatic carboxylic acids is 1. The molecule has 0 saturated carbocycles. The van der Waals surface area contributed by atoms with Gasteiger partial charge in [0.25, 0.3) is 0 Å². The molecule has 2 atom stereocenters. The second-order valence-corrected chi connectivity index (χ2v) is 5.78. The van der Waals surface area contributed by atoms with Gasteiger partial charge in [-0.2, -0.15) is 0 Å². The number of carboxylic acid groups (broad SMARTS) is 1. The smallest absolute Gasteiger partial charge is 0.326 e. The van der Waals surface area contributed by atoms with E-state index in [4.69, 9.17) is 0 Å². The topological polar surface area (TPSA) is 57.6 Å². The molecule has 1 amide bonds. The van der Waals surface area contributed by atoms with Gasteiger partial charge in [0.05, 0.1) is 0 Å². The molecule has 120 valence electrons. The molecule has 0 aromatic heterocycles. The monoisotopic (exact) mass is 311 g/mol. The lowest BCUT2D eigenvalue weighted by Crippen LogP contribution is -2.49. The molecule has 1 aromatic carbocycles. The number of aryl methyl sites for hydroxylation is 1. The Labute approximate surface area is 127 Å². The van der Waals surface area contributed by atoms with Crippen LogP contribution in [0.4, 0.5) is 8.78 Å². The zero-order valence-electron chi connectivity index (χ0n) is 12.4. The Morgan fingerprint density at radius 1 is 1.36 bits per heavy atom. The summed E-state index contributed by atoms with van der Waals surface area (Å²) in [6.45, 7) is 2.35. The summed E-state index contributed by atoms with van der Waals surface area (Å²) in [4.78, 5) is 24.9. The normalized spacial score (nSPS) is 21.7. The number of nitrogens with zero attached hydrogens (tertiary/aromatic N) is 1. The van der Waals surface area contributed by atoms with Gasteiger partial charge in [-0.3, -0.25) is 4.79 Å². The van der Waals surface area contributed by atoms with Gasteiger partial charge in [0.1, 0.15) is 6.04 Å². The van der Waals surface area contributed by atoms with Crippen molar-refractivity contribution in [3.63, 3.8) is 0 Å². The molecule has 0 radical (unpaired) electrons. The Kier molecular flexibility index (Phi) is 5.11. The van der Waals surface area contributed by atoms with Gasteiger partial charge >= 0.3 is 5.97 Å². The molecule has 6 heteroatoms. The van der Waals surface area contributed by atoms with E-state index in [0.717, 1.165) is 12.5 Å². The maximum atomic E-state index is 13.6. The highest BCUT2D eigenvalue weighted by molar-refractivity contribution is 5.84. The summed E-state index contributed by atoms with van der Waals surface area (Å²) in [5.74, 6) is -2.98. The van der Waals surface area contributed by atoms with Gasteiger partial charge in [0.2, 0.25) is 5.91 Å². The minimum Gasteiger partial charge on any atom is -0.480 e. The minimum absolute atomic E-state index is 0.0292. The van der Waals surface area contributed by atoms with Crippen molar-refractivity contribution >= 4 is 11.9 Å². The third-order valence-corrected chi connectivity index (χ3v) is 4.11. The molecule has 1 saturated heterocycles. The average molecular weight is 311 g/mol. The van der Waals surface area contributed by atoms with Crippen LogP contribution in [-0.4, -0.2) is 34.5 Å². The molecule has 0 aliphatic carbocycles. The molecule has 1 fully saturated rings. The summed E-state index contributed by atoms with van der Waals surface area (Å²) in [6.07, 6.45) is 1.21. The molecule has 22 heavy (non-hydrogen) atoms. The van der Waals surface area contributed by atoms with Crippen LogP contribution >= 0.6 is 0 Å². The van der Waals surface area contributed by atoms with E-state index >= 15 is 0 Å². The highest BCUT2D eigenvalue weighted by Crippen LogP contribution is 2.24. The number of carbonyl (C=O) groups is 2. The largest absolute Gasteiger partial charge is 0.480 e. The fourth-order valence-corrected chi connectivity index (χ4v) is 2.80. The molecule has 2 rings (SSSR count). The third kappa shape index (κ3) is 3.61. The number of carboxylic acids is 1. The standard InChI is InChI=1S/C16H19F2NO3/c1-10-7-8-19(13(9-10)16(21)22)14(20)6-5-11-3-2-4-12(17)15(11)18/h2-4,10,13H,5-9H2,1H3,(H,21,22). The van der Waals surface area contributed by atoms with Crippen LogP contribution in [0.5, 0.6) is 0 Å². The first-order valence-electron chi connectivity index (χ1n) is 7.35. The van der Waals surface area contributed by atoms with Crippen molar-refractivity contribution in [1.82, 2.24) is 4.90 Å². The van der Waals surface area contributed by atoms with Crippen molar-refractivity contribution < 1.29 is 23.5 Å². The lowest BCUT2D eigenvalue weighted by atomic mass is 9.92. The fourth-order valence-electron chi connectivity index (χ4n) is 2.80. The number of rotatable bonds is 4. The SMILES string of the molecule is CC1CCN(C(=O)CCc2cccc(F)c2F)C(C(=O)O)C1. The zero-order valence-corrected chi connectivity index (χ0v) is 12.4. The molecule has 1 aromatic rings. The Bertz CT molecular complexity index is 577. The first-order chi connectivity index (χ1) is 10.4. The van der Waals surface area contributed by atoms with Crippen molar-refractivity contribution in [2.45, 2.75) is 38.6 Å². The molecular weight excluding hydrogens is 292 g/mol. The predicted octanol–water partition coefficient (Wildman–Crippen LogP) is 2.61. The summed E-state index contributed by atoms with van der Waals surface area (Å²) >= 11 is 0. The van der Waals surface area contributed by atoms with Crippen molar-refractivity contribution in [3.05, 3.63) is 35.4 Å². The highest BCUT2D eigenvalue weighted by atomic mass is 19.2. The minimum atomic E-state index is -1.02. The maximum Gasteiger partial charge on any atom is 0.326 e. The van der Waals surface area contributed by atoms with Crippen molar-refractivity contribution in [2.24, 2.45) is 5.92 Å². The van der Waals surface area contributed by atoms with Gasteiger partial charge in [0.15, 0.2) is 11.6 Å². The van der Waals surface area contributed by atoms with E-state index in [1.54, 1.807) is 0 Å². The molecular formula is C16H19F2NO3. The second-order valence-electron chi connectivity index (χ2n) is 5.78. The van der Waals surface area contributed by atoms with Gasteiger partial charge < -0.3 is 10.0 Å². The summed E-state index contributed by atoms with van der Waals surface area (Å²) < 4.78 is 26.7. The number of amides is 1. The van der Waals surface area contributed by atoms with E-state index < -0.39 is 23.6 Å². The van der Waals surface area contributed by atoms with Crippen LogP contribution in [0.25, 0.3) is 0 Å². The third-order valence-electron chi connectivity index (χ3n) is 4.11. The van der Waals surface area contributed by atoms with Crippen LogP contribution in [0.3, 0.4) is 0 Å². The van der Waals surface area contributed by atoms with Gasteiger partial charge in [-0.1, -0.05) is 19.1 Å². The van der Waals surface area contributed by atoms with E-state index in [1.807, 2.05) is 6.92 Å². The molecule has 2 unspecified atom stereocenters. The first-order valence-corrected chi connectivity index (χ1v) is 7.35. The number of halogens is 2. The maximum absolute atomic E-state index is 13.6. The average Bonchev–Trinajstić information content (AvgIpc) is 2.48. The van der Waals surface area contributed by atoms with Crippen LogP contribution < -0.4 is 0 Å². The van der Waals surface area contributed by atoms with Crippen molar-refractivity contribution in [2.75, 3.05) is 6.54 Å². The Balaban J connectivity index is 2.02. The molecule has 1 aliphatic rings. The van der Waals surface area contributed by atoms with Crippen LogP contribution in [0.1, 0.15) is 31.7 Å². The molecule has 1 aliphatic heterocycles. The van der Waals surface area contributed by atoms with E-state index in [1.165, 1.54) is 17.0 Å². The van der Waals surface area contributed by atoms with E-state index in [0.29, 0.717) is 13.0 Å². The fraction of sp³-hybridized carbons (Fsp3) is 0.500. The Morgan fingerprint density at radius 3 is 2.77 bits per heavy atom. The second kappa shape index (κ2) is 6.85. The number of likely N-dealkylation sites (tertiary alicyclic amines) is 1. The number of carbonyl (C=O) groups excluding carboxylic acids is 1. The molecule has 4 nitrogen and oxygen atoms in total. The lowest BCUT2D eigenvalue weighted by molar-refractivity contribution is -0.153. The Morgan fingerprint density at radius 2 is 2.09 bits per heavy atom. The number of piperidine rings is 1. The van der Waals surface area contributed by atoms with Crippen LogP contribution in [0, 0.1) is 17.6 Å². The molecule has 0 spiro atoms. The first kappa shape index (κ1) is 16.4. The van der Waals surface area contributed by atoms with Crippen molar-refractivity contribution in [3.8, 4) is 0 Å². The number of hydrogen-bond acceptors (Lipinski definition) is 2. The van der Waals surface area contributed by atoms with Gasteiger partial charge in [-0.05, 0) is 36.8 Å². The van der Waals surface area contributed by atoms with E-state index in [-0.39, 0.29) is 30.2 Å². The number of hydrogen-bond donors (Lipinski definition) is 1. The van der Waals surface area contributed by atoms with E-state index in [9.17, 15) is 23.5 Å². The summed E-state index contributed by atoms with van der Waals surface area (Å²) in [5, 5.41) is 9.24.